The van der Waals surface area contributed by atoms with E-state index in [-0.39, 0.29) is 97.0 Å². The SMILES string of the molecule is CC(C)(C)OC(=O)CN1CCN(CC(=O)N[C@@H](CCC(=O)CCC(=O)OCc2ccccc2)C(=O)NCC(=O)OCc2ccccc2)CCN(CC(=O)OC(C)(C)C)CCN(CC(=O)OC(C)(C)C)CC1. The number of nitrogens with one attached hydrogen (secondary N) is 2. The summed E-state index contributed by atoms with van der Waals surface area (Å²) >= 11 is 0. The van der Waals surface area contributed by atoms with Gasteiger partial charge in [0.05, 0.1) is 32.6 Å². The zero-order chi connectivity index (χ0) is 52.6. The molecule has 19 heteroatoms. The molecule has 19 nitrogen and oxygen atoms in total. The van der Waals surface area contributed by atoms with Crippen LogP contribution >= 0.6 is 0 Å². The van der Waals surface area contributed by atoms with E-state index in [1.807, 2.05) is 56.0 Å². The molecule has 1 saturated heterocycles. The Morgan fingerprint density at radius 3 is 1.23 bits per heavy atom. The molecule has 1 fully saturated rings. The predicted molar refractivity (Wildman–Crippen MR) is 264 cm³/mol. The second kappa shape index (κ2) is 29.6. The van der Waals surface area contributed by atoms with Crippen molar-refractivity contribution >= 4 is 47.4 Å². The Bertz CT molecular complexity index is 1990. The van der Waals surface area contributed by atoms with Crippen LogP contribution in [0.25, 0.3) is 0 Å². The van der Waals surface area contributed by atoms with E-state index < -0.39 is 71.1 Å². The number of hydrogen-bond acceptors (Lipinski definition) is 17. The van der Waals surface area contributed by atoms with Crippen LogP contribution in [0.5, 0.6) is 0 Å². The van der Waals surface area contributed by atoms with Crippen LogP contribution in [0, 0.1) is 0 Å². The maximum Gasteiger partial charge on any atom is 0.325 e. The molecule has 0 saturated carbocycles. The summed E-state index contributed by atoms with van der Waals surface area (Å²) in [6.45, 7) is 17.6. The fraction of sp³-hybridized carbons (Fsp3) is 0.615. The van der Waals surface area contributed by atoms with E-state index in [4.69, 9.17) is 23.7 Å². The molecule has 2 amide bonds. The third-order valence-corrected chi connectivity index (χ3v) is 10.5. The average molecular weight is 995 g/mol. The van der Waals surface area contributed by atoms with Gasteiger partial charge in [0.25, 0.3) is 0 Å². The maximum atomic E-state index is 14.0. The molecule has 2 N–H and O–H groups in total. The lowest BCUT2D eigenvalue weighted by Gasteiger charge is -2.34. The van der Waals surface area contributed by atoms with Crippen LogP contribution in [-0.2, 0) is 75.3 Å². The number of esters is 5. The van der Waals surface area contributed by atoms with Gasteiger partial charge in [0.1, 0.15) is 48.4 Å². The van der Waals surface area contributed by atoms with Gasteiger partial charge in [-0.15, -0.1) is 0 Å². The summed E-state index contributed by atoms with van der Waals surface area (Å²) < 4.78 is 27.6. The number of ether oxygens (including phenoxy) is 5. The van der Waals surface area contributed by atoms with Crippen molar-refractivity contribution in [3.05, 3.63) is 71.8 Å². The lowest BCUT2D eigenvalue weighted by atomic mass is 10.0. The molecular weight excluding hydrogens is 917 g/mol. The van der Waals surface area contributed by atoms with Crippen molar-refractivity contribution in [3.8, 4) is 0 Å². The normalized spacial score (nSPS) is 15.5. The van der Waals surface area contributed by atoms with E-state index in [2.05, 4.69) is 10.6 Å². The van der Waals surface area contributed by atoms with Gasteiger partial charge in [0.2, 0.25) is 11.8 Å². The molecule has 1 aliphatic rings. The zero-order valence-electron chi connectivity index (χ0n) is 43.4. The first-order valence-electron chi connectivity index (χ1n) is 24.3. The van der Waals surface area contributed by atoms with E-state index in [1.54, 1.807) is 86.6 Å². The second-order valence-corrected chi connectivity index (χ2v) is 20.6. The minimum atomic E-state index is -1.26. The fourth-order valence-corrected chi connectivity index (χ4v) is 7.15. The minimum Gasteiger partial charge on any atom is -0.461 e. The molecule has 3 rings (SSSR count). The van der Waals surface area contributed by atoms with Crippen molar-refractivity contribution in [2.24, 2.45) is 0 Å². The highest BCUT2D eigenvalue weighted by atomic mass is 16.6. The number of ketones is 1. The number of rotatable bonds is 22. The molecule has 0 radical (unpaired) electrons. The van der Waals surface area contributed by atoms with Gasteiger partial charge in [0, 0.05) is 65.2 Å². The summed E-state index contributed by atoms with van der Waals surface area (Å²) in [5.74, 6) is -4.21. The Hall–Kier alpha value is -5.76. The van der Waals surface area contributed by atoms with E-state index in [9.17, 15) is 38.4 Å². The highest BCUT2D eigenvalue weighted by molar-refractivity contribution is 5.91. The van der Waals surface area contributed by atoms with Crippen LogP contribution in [0.3, 0.4) is 0 Å². The third kappa shape index (κ3) is 28.0. The number of Topliss-reactive ketones (excluding diaryl/α,β-unsaturated/α-hetero) is 1. The molecule has 0 spiro atoms. The Morgan fingerprint density at radius 2 is 0.845 bits per heavy atom. The standard InChI is InChI=1S/C52H78N6O13/c1-50(2,3)69-46(63)34-56-26-24-55(25-27-57(35-47(64)70-51(4,5)6)29-31-58(30-28-56)36-48(65)71-52(7,8)9)33-43(60)54-42(49(66)53-32-45(62)68-38-40-18-14-11-15-19-40)22-20-41(59)21-23-44(61)67-37-39-16-12-10-13-17-39/h10-19,42H,20-38H2,1-9H3,(H,53,66)(H,54,60)/t42-/m0/s1. The van der Waals surface area contributed by atoms with E-state index >= 15 is 0 Å². The van der Waals surface area contributed by atoms with Crippen molar-refractivity contribution in [2.75, 3.05) is 85.1 Å². The molecule has 0 aromatic heterocycles. The van der Waals surface area contributed by atoms with Gasteiger partial charge >= 0.3 is 29.8 Å². The van der Waals surface area contributed by atoms with E-state index in [0.29, 0.717) is 26.2 Å². The Labute approximate surface area is 419 Å². The number of carbonyl (C=O) groups excluding carboxylic acids is 8. The fourth-order valence-electron chi connectivity index (χ4n) is 7.15. The summed E-state index contributed by atoms with van der Waals surface area (Å²) in [5.41, 5.74) is -0.629. The maximum absolute atomic E-state index is 14.0. The molecule has 71 heavy (non-hydrogen) atoms. The third-order valence-electron chi connectivity index (χ3n) is 10.5. The Kier molecular flexibility index (Phi) is 24.8. The number of hydrogen-bond donors (Lipinski definition) is 2. The van der Waals surface area contributed by atoms with Crippen LogP contribution in [0.4, 0.5) is 0 Å². The number of amides is 2. The van der Waals surface area contributed by atoms with Crippen molar-refractivity contribution < 1.29 is 62.0 Å². The topological polar surface area (TPSA) is 220 Å². The molecule has 2 aromatic carbocycles. The summed E-state index contributed by atoms with van der Waals surface area (Å²) in [7, 11) is 0. The molecule has 394 valence electrons. The molecule has 1 aliphatic heterocycles. The summed E-state index contributed by atoms with van der Waals surface area (Å²) in [4.78, 5) is 113. The van der Waals surface area contributed by atoms with Gasteiger partial charge in [-0.05, 0) is 79.9 Å². The summed E-state index contributed by atoms with van der Waals surface area (Å²) in [5, 5.41) is 5.28. The van der Waals surface area contributed by atoms with Crippen molar-refractivity contribution in [1.82, 2.24) is 30.2 Å². The van der Waals surface area contributed by atoms with Gasteiger partial charge in [-0.2, -0.15) is 0 Å². The first kappa shape index (κ1) is 59.5. The first-order chi connectivity index (χ1) is 33.3. The number of benzene rings is 2. The summed E-state index contributed by atoms with van der Waals surface area (Å²) in [6, 6.07) is 16.9. The molecule has 1 heterocycles. The Morgan fingerprint density at radius 1 is 0.479 bits per heavy atom. The molecule has 0 unspecified atom stereocenters. The number of carbonyl (C=O) groups is 8. The molecule has 0 aliphatic carbocycles. The van der Waals surface area contributed by atoms with E-state index in [0.717, 1.165) is 11.1 Å². The van der Waals surface area contributed by atoms with Crippen LogP contribution in [0.15, 0.2) is 60.7 Å². The van der Waals surface area contributed by atoms with Crippen molar-refractivity contribution in [2.45, 2.75) is 124 Å². The van der Waals surface area contributed by atoms with Crippen molar-refractivity contribution in [3.63, 3.8) is 0 Å². The van der Waals surface area contributed by atoms with Crippen LogP contribution < -0.4 is 10.6 Å². The average Bonchev–Trinajstić information content (AvgIpc) is 3.27. The van der Waals surface area contributed by atoms with Gasteiger partial charge in [-0.1, -0.05) is 60.7 Å². The molecule has 1 atom stereocenters. The monoisotopic (exact) mass is 995 g/mol. The quantitative estimate of drug-likeness (QED) is 0.127. The predicted octanol–water partition coefficient (Wildman–Crippen LogP) is 3.45. The molecular formula is C52H78N6O13. The largest absolute Gasteiger partial charge is 0.461 e. The lowest BCUT2D eigenvalue weighted by Crippen LogP contribution is -2.53. The molecule has 0 bridgehead atoms. The second-order valence-electron chi connectivity index (χ2n) is 20.6. The lowest BCUT2D eigenvalue weighted by molar-refractivity contribution is -0.158. The van der Waals surface area contributed by atoms with Gasteiger partial charge in [0.15, 0.2) is 0 Å². The summed E-state index contributed by atoms with van der Waals surface area (Å²) in [6.07, 6.45) is -0.624. The van der Waals surface area contributed by atoms with Crippen LogP contribution in [0.1, 0.15) is 99.1 Å². The minimum absolute atomic E-state index is 0.0113. The Balaban J connectivity index is 1.81. The van der Waals surface area contributed by atoms with Gasteiger partial charge in [-0.3, -0.25) is 58.0 Å². The zero-order valence-corrected chi connectivity index (χ0v) is 43.4. The van der Waals surface area contributed by atoms with Gasteiger partial charge in [-0.25, -0.2) is 0 Å². The highest BCUT2D eigenvalue weighted by Crippen LogP contribution is 2.13. The highest BCUT2D eigenvalue weighted by Gasteiger charge is 2.28. The van der Waals surface area contributed by atoms with Crippen LogP contribution in [-0.4, -0.2) is 175 Å². The van der Waals surface area contributed by atoms with E-state index in [1.165, 1.54) is 0 Å². The van der Waals surface area contributed by atoms with Crippen molar-refractivity contribution in [1.29, 1.82) is 0 Å². The van der Waals surface area contributed by atoms with Gasteiger partial charge < -0.3 is 34.3 Å². The smallest absolute Gasteiger partial charge is 0.325 e. The van der Waals surface area contributed by atoms with Crippen LogP contribution in [0.2, 0.25) is 0 Å². The number of nitrogens with zero attached hydrogens (tertiary/aromatic N) is 4. The molecule has 2 aromatic rings. The first-order valence-corrected chi connectivity index (χ1v) is 24.3.